The summed E-state index contributed by atoms with van der Waals surface area (Å²) in [5, 5.41) is 14.5. The molecule has 3 N–H and O–H groups in total. The predicted octanol–water partition coefficient (Wildman–Crippen LogP) is 1.07. The number of allylic oxidation sites excluding steroid dienone is 1. The van der Waals surface area contributed by atoms with Crippen LogP contribution in [0.5, 0.6) is 0 Å². The van der Waals surface area contributed by atoms with Crippen LogP contribution in [0.1, 0.15) is 26.2 Å². The van der Waals surface area contributed by atoms with Crippen LogP contribution in [-0.2, 0) is 9.53 Å². The average molecular weight is 323 g/mol. The van der Waals surface area contributed by atoms with Gasteiger partial charge in [0.2, 0.25) is 0 Å². The third-order valence-electron chi connectivity index (χ3n) is 3.68. The van der Waals surface area contributed by atoms with E-state index in [0.29, 0.717) is 19.1 Å². The molecule has 7 nitrogen and oxygen atoms in total. The molecule has 0 aromatic rings. The van der Waals surface area contributed by atoms with Crippen LogP contribution in [0.15, 0.2) is 23.7 Å². The number of carbonyl (C=O) groups is 1. The summed E-state index contributed by atoms with van der Waals surface area (Å²) < 4.78 is 4.95. The Balaban J connectivity index is 2.68. The fraction of sp³-hybridized carbons (Fsp3) is 0.625. The summed E-state index contributed by atoms with van der Waals surface area (Å²) in [5.41, 5.74) is 2.18. The summed E-state index contributed by atoms with van der Waals surface area (Å²) in [4.78, 5) is 15.4. The number of hydrogen-bond acceptors (Lipinski definition) is 6. The number of nitrogens with one attached hydrogen (secondary N) is 3. The molecule has 1 aliphatic rings. The number of likely N-dealkylation sites (N-methyl/N-ethyl adjacent to an activating group) is 1. The highest BCUT2D eigenvalue weighted by molar-refractivity contribution is 5.98. The highest BCUT2D eigenvalue weighted by Crippen LogP contribution is 2.29. The van der Waals surface area contributed by atoms with E-state index in [1.807, 2.05) is 26.5 Å². The van der Waals surface area contributed by atoms with E-state index in [-0.39, 0.29) is 12.5 Å². The second-order valence-electron chi connectivity index (χ2n) is 5.47. The van der Waals surface area contributed by atoms with Crippen molar-refractivity contribution in [2.75, 3.05) is 41.0 Å². The van der Waals surface area contributed by atoms with Gasteiger partial charge in [0, 0.05) is 44.8 Å². The number of nitrogens with zero attached hydrogens (tertiary/aromatic N) is 2. The fourth-order valence-electron chi connectivity index (χ4n) is 2.54. The Morgan fingerprint density at radius 3 is 2.74 bits per heavy atom. The largest absolute Gasteiger partial charge is 0.465 e. The third kappa shape index (κ3) is 5.84. The number of carbonyl (C=O) groups excluding carboxylic acids is 1. The van der Waals surface area contributed by atoms with Crippen LogP contribution in [0.4, 0.5) is 0 Å². The molecule has 0 aliphatic heterocycles. The molecule has 0 fully saturated rings. The summed E-state index contributed by atoms with van der Waals surface area (Å²) in [6.07, 6.45) is 6.55. The van der Waals surface area contributed by atoms with Crippen molar-refractivity contribution >= 4 is 11.8 Å². The van der Waals surface area contributed by atoms with Crippen molar-refractivity contribution in [1.29, 1.82) is 5.41 Å². The average Bonchev–Trinajstić information content (AvgIpc) is 3.00. The summed E-state index contributed by atoms with van der Waals surface area (Å²) in [6.45, 7) is 2.93. The maximum atomic E-state index is 11.6. The van der Waals surface area contributed by atoms with E-state index < -0.39 is 0 Å². The van der Waals surface area contributed by atoms with Gasteiger partial charge in [-0.25, -0.2) is 0 Å². The van der Waals surface area contributed by atoms with Gasteiger partial charge < -0.3 is 25.2 Å². The Morgan fingerprint density at radius 2 is 2.09 bits per heavy atom. The minimum atomic E-state index is -0.299. The van der Waals surface area contributed by atoms with E-state index in [1.54, 1.807) is 18.9 Å². The quantitative estimate of drug-likeness (QED) is 0.255. The normalized spacial score (nSPS) is 14.1. The molecule has 7 heteroatoms. The Bertz CT molecular complexity index is 473. The molecule has 0 bridgehead atoms. The predicted molar refractivity (Wildman–Crippen MR) is 91.8 cm³/mol. The SMILES string of the molecule is CCOC(=O)CN(C)C(=N)C1=C(N(C)CN/C=C/NC)CCC1. The number of hydrogen-bond donors (Lipinski definition) is 3. The second kappa shape index (κ2) is 9.76. The lowest BCUT2D eigenvalue weighted by atomic mass is 10.2. The van der Waals surface area contributed by atoms with Gasteiger partial charge in [0.05, 0.1) is 13.3 Å². The molecule has 23 heavy (non-hydrogen) atoms. The molecular weight excluding hydrogens is 294 g/mol. The molecule has 1 rings (SSSR count). The van der Waals surface area contributed by atoms with E-state index in [0.717, 1.165) is 30.5 Å². The first-order chi connectivity index (χ1) is 11.0. The Kier molecular flexibility index (Phi) is 8.01. The highest BCUT2D eigenvalue weighted by Gasteiger charge is 2.24. The maximum absolute atomic E-state index is 11.6. The highest BCUT2D eigenvalue weighted by atomic mass is 16.5. The van der Waals surface area contributed by atoms with Crippen LogP contribution in [0, 0.1) is 5.41 Å². The molecule has 0 saturated heterocycles. The monoisotopic (exact) mass is 323 g/mol. The molecule has 0 aromatic carbocycles. The summed E-state index contributed by atoms with van der Waals surface area (Å²) >= 11 is 0. The Labute approximate surface area is 138 Å². The summed E-state index contributed by atoms with van der Waals surface area (Å²) in [6, 6.07) is 0. The van der Waals surface area contributed by atoms with Crippen LogP contribution in [0.3, 0.4) is 0 Å². The minimum Gasteiger partial charge on any atom is -0.465 e. The van der Waals surface area contributed by atoms with Gasteiger partial charge in [-0.2, -0.15) is 0 Å². The van der Waals surface area contributed by atoms with Crippen molar-refractivity contribution in [3.63, 3.8) is 0 Å². The van der Waals surface area contributed by atoms with Gasteiger partial charge in [-0.05, 0) is 26.2 Å². The molecular formula is C16H29N5O2. The lowest BCUT2D eigenvalue weighted by Gasteiger charge is -2.25. The van der Waals surface area contributed by atoms with Crippen molar-refractivity contribution in [2.24, 2.45) is 0 Å². The van der Waals surface area contributed by atoms with Crippen LogP contribution in [-0.4, -0.2) is 62.6 Å². The second-order valence-corrected chi connectivity index (χ2v) is 5.47. The minimum absolute atomic E-state index is 0.107. The first-order valence-electron chi connectivity index (χ1n) is 7.95. The van der Waals surface area contributed by atoms with Crippen molar-refractivity contribution < 1.29 is 9.53 Å². The summed E-state index contributed by atoms with van der Waals surface area (Å²) in [7, 11) is 5.62. The first-order valence-corrected chi connectivity index (χ1v) is 7.95. The van der Waals surface area contributed by atoms with Crippen molar-refractivity contribution in [3.05, 3.63) is 23.7 Å². The van der Waals surface area contributed by atoms with Crippen molar-refractivity contribution in [1.82, 2.24) is 20.4 Å². The number of ether oxygens (including phenoxy) is 1. The standard InChI is InChI=1S/C16H29N5O2/c1-5-23-15(22)11-20(3)16(17)13-7-6-8-14(13)21(4)12-19-10-9-18-2/h9-10,17-19H,5-8,11-12H2,1-4H3/b10-9+,17-16?. The zero-order valence-corrected chi connectivity index (χ0v) is 14.6. The van der Waals surface area contributed by atoms with Gasteiger partial charge in [0.1, 0.15) is 12.4 Å². The van der Waals surface area contributed by atoms with Gasteiger partial charge in [-0.3, -0.25) is 10.2 Å². The molecule has 0 amide bonds. The summed E-state index contributed by atoms with van der Waals surface area (Å²) in [5.74, 6) is 0.107. The molecule has 0 saturated carbocycles. The Hall–Kier alpha value is -2.18. The van der Waals surface area contributed by atoms with Crippen molar-refractivity contribution in [2.45, 2.75) is 26.2 Å². The van der Waals surface area contributed by atoms with E-state index >= 15 is 0 Å². The molecule has 0 radical (unpaired) electrons. The zero-order chi connectivity index (χ0) is 17.2. The smallest absolute Gasteiger partial charge is 0.325 e. The van der Waals surface area contributed by atoms with Gasteiger partial charge in [0.25, 0.3) is 0 Å². The van der Waals surface area contributed by atoms with E-state index in [2.05, 4.69) is 15.5 Å². The van der Waals surface area contributed by atoms with E-state index in [4.69, 9.17) is 10.1 Å². The maximum Gasteiger partial charge on any atom is 0.325 e. The first kappa shape index (κ1) is 18.9. The molecule has 1 aliphatic carbocycles. The molecule has 130 valence electrons. The van der Waals surface area contributed by atoms with E-state index in [1.165, 1.54) is 0 Å². The van der Waals surface area contributed by atoms with Crippen molar-refractivity contribution in [3.8, 4) is 0 Å². The molecule has 0 aromatic heterocycles. The van der Waals surface area contributed by atoms with Gasteiger partial charge >= 0.3 is 5.97 Å². The van der Waals surface area contributed by atoms with Gasteiger partial charge in [0.15, 0.2) is 0 Å². The lowest BCUT2D eigenvalue weighted by Crippen LogP contribution is -2.35. The van der Waals surface area contributed by atoms with Crippen LogP contribution in [0.25, 0.3) is 0 Å². The van der Waals surface area contributed by atoms with Crippen LogP contribution >= 0.6 is 0 Å². The number of esters is 1. The number of rotatable bonds is 9. The molecule has 0 heterocycles. The third-order valence-corrected chi connectivity index (χ3v) is 3.68. The van der Waals surface area contributed by atoms with Crippen LogP contribution in [0.2, 0.25) is 0 Å². The lowest BCUT2D eigenvalue weighted by molar-refractivity contribution is -0.143. The molecule has 0 atom stereocenters. The van der Waals surface area contributed by atoms with E-state index in [9.17, 15) is 4.79 Å². The molecule has 0 spiro atoms. The zero-order valence-electron chi connectivity index (χ0n) is 14.6. The number of amidine groups is 1. The topological polar surface area (TPSA) is 80.7 Å². The molecule has 0 unspecified atom stereocenters. The Morgan fingerprint density at radius 1 is 1.35 bits per heavy atom. The fourth-order valence-corrected chi connectivity index (χ4v) is 2.54. The van der Waals surface area contributed by atoms with Crippen LogP contribution < -0.4 is 10.6 Å². The van der Waals surface area contributed by atoms with Gasteiger partial charge in [-0.1, -0.05) is 0 Å². The van der Waals surface area contributed by atoms with Gasteiger partial charge in [-0.15, -0.1) is 0 Å².